The molecule has 4 aromatic rings. The van der Waals surface area contributed by atoms with Crippen LogP contribution in [0.1, 0.15) is 11.1 Å². The Morgan fingerprint density at radius 1 is 1.15 bits per heavy atom. The predicted molar refractivity (Wildman–Crippen MR) is 108 cm³/mol. The van der Waals surface area contributed by atoms with Crippen molar-refractivity contribution >= 4 is 40.5 Å². The van der Waals surface area contributed by atoms with Crippen LogP contribution in [0.25, 0.3) is 23.1 Å². The summed E-state index contributed by atoms with van der Waals surface area (Å²) in [7, 11) is 1.66. The Morgan fingerprint density at radius 3 is 2.93 bits per heavy atom. The lowest BCUT2D eigenvalue weighted by molar-refractivity contribution is 0.414. The molecule has 0 amide bonds. The molecule has 4 N–H and O–H groups in total. The predicted octanol–water partition coefficient (Wildman–Crippen LogP) is 3.86. The SMILES string of the molecule is COc1cccc(C=Cc2cc(Nc3ccnc(N)n3)cc3cn[nH]c23)c1. The summed E-state index contributed by atoms with van der Waals surface area (Å²) in [5.41, 5.74) is 9.54. The summed E-state index contributed by atoms with van der Waals surface area (Å²) >= 11 is 0. The molecule has 0 atom stereocenters. The van der Waals surface area contributed by atoms with Crippen molar-refractivity contribution in [3.05, 3.63) is 66.0 Å². The number of methoxy groups -OCH3 is 1. The normalized spacial score (nSPS) is 11.1. The highest BCUT2D eigenvalue weighted by atomic mass is 16.5. The van der Waals surface area contributed by atoms with Crippen molar-refractivity contribution < 1.29 is 4.74 Å². The molecule has 7 heteroatoms. The number of nitrogen functional groups attached to an aromatic ring is 1. The third-order valence-electron chi connectivity index (χ3n) is 4.08. The van der Waals surface area contributed by atoms with Crippen LogP contribution in [0.15, 0.2) is 54.9 Å². The monoisotopic (exact) mass is 358 g/mol. The van der Waals surface area contributed by atoms with Gasteiger partial charge < -0.3 is 15.8 Å². The summed E-state index contributed by atoms with van der Waals surface area (Å²) in [5, 5.41) is 11.5. The minimum Gasteiger partial charge on any atom is -0.497 e. The van der Waals surface area contributed by atoms with E-state index in [1.54, 1.807) is 25.6 Å². The summed E-state index contributed by atoms with van der Waals surface area (Å²) in [6.07, 6.45) is 7.47. The van der Waals surface area contributed by atoms with E-state index in [0.717, 1.165) is 33.5 Å². The molecule has 0 aliphatic rings. The van der Waals surface area contributed by atoms with E-state index in [2.05, 4.69) is 25.5 Å². The van der Waals surface area contributed by atoms with Crippen molar-refractivity contribution in [1.82, 2.24) is 20.2 Å². The van der Waals surface area contributed by atoms with Crippen LogP contribution in [-0.4, -0.2) is 27.3 Å². The van der Waals surface area contributed by atoms with Gasteiger partial charge in [-0.1, -0.05) is 24.3 Å². The first kappa shape index (κ1) is 16.6. The molecule has 0 saturated heterocycles. The third-order valence-corrected chi connectivity index (χ3v) is 4.08. The van der Waals surface area contributed by atoms with Gasteiger partial charge in [-0.2, -0.15) is 10.1 Å². The zero-order chi connectivity index (χ0) is 18.6. The van der Waals surface area contributed by atoms with Crippen LogP contribution in [0.3, 0.4) is 0 Å². The summed E-state index contributed by atoms with van der Waals surface area (Å²) < 4.78 is 5.28. The number of aromatic amines is 1. The average molecular weight is 358 g/mol. The second-order valence-corrected chi connectivity index (χ2v) is 5.93. The van der Waals surface area contributed by atoms with Crippen LogP contribution < -0.4 is 15.8 Å². The van der Waals surface area contributed by atoms with Gasteiger partial charge in [0.05, 0.1) is 18.8 Å². The Labute approximate surface area is 155 Å². The zero-order valence-corrected chi connectivity index (χ0v) is 14.7. The topological polar surface area (TPSA) is 102 Å². The lowest BCUT2D eigenvalue weighted by atomic mass is 10.1. The van der Waals surface area contributed by atoms with E-state index in [1.807, 2.05) is 48.6 Å². The van der Waals surface area contributed by atoms with Gasteiger partial charge in [0.2, 0.25) is 5.95 Å². The van der Waals surface area contributed by atoms with Gasteiger partial charge in [0, 0.05) is 22.8 Å². The Bertz CT molecular complexity index is 1120. The smallest absolute Gasteiger partial charge is 0.221 e. The lowest BCUT2D eigenvalue weighted by Gasteiger charge is -2.08. The maximum atomic E-state index is 5.65. The number of hydrogen-bond donors (Lipinski definition) is 3. The Balaban J connectivity index is 1.69. The second-order valence-electron chi connectivity index (χ2n) is 5.93. The summed E-state index contributed by atoms with van der Waals surface area (Å²) in [6, 6.07) is 13.7. The highest BCUT2D eigenvalue weighted by Gasteiger charge is 2.06. The van der Waals surface area contributed by atoms with Gasteiger partial charge in [0.1, 0.15) is 11.6 Å². The third kappa shape index (κ3) is 3.72. The van der Waals surface area contributed by atoms with Crippen molar-refractivity contribution in [2.75, 3.05) is 18.2 Å². The van der Waals surface area contributed by atoms with Gasteiger partial charge in [-0.3, -0.25) is 5.10 Å². The number of ether oxygens (including phenoxy) is 1. The summed E-state index contributed by atoms with van der Waals surface area (Å²) in [4.78, 5) is 8.09. The number of fused-ring (bicyclic) bond motifs is 1. The maximum Gasteiger partial charge on any atom is 0.221 e. The molecule has 0 saturated carbocycles. The van der Waals surface area contributed by atoms with E-state index in [9.17, 15) is 0 Å². The van der Waals surface area contributed by atoms with Gasteiger partial charge in [-0.05, 0) is 35.9 Å². The molecule has 0 bridgehead atoms. The second kappa shape index (κ2) is 7.17. The summed E-state index contributed by atoms with van der Waals surface area (Å²) in [5.74, 6) is 1.68. The molecule has 0 radical (unpaired) electrons. The quantitative estimate of drug-likeness (QED) is 0.468. The molecule has 0 aliphatic carbocycles. The number of nitrogens with zero attached hydrogens (tertiary/aromatic N) is 3. The molecule has 0 aliphatic heterocycles. The van der Waals surface area contributed by atoms with Crippen molar-refractivity contribution in [2.45, 2.75) is 0 Å². The number of rotatable bonds is 5. The lowest BCUT2D eigenvalue weighted by Crippen LogP contribution is -1.99. The number of hydrogen-bond acceptors (Lipinski definition) is 6. The first-order chi connectivity index (χ1) is 13.2. The van der Waals surface area contributed by atoms with E-state index in [4.69, 9.17) is 10.5 Å². The fraction of sp³-hybridized carbons (Fsp3) is 0.0500. The molecular weight excluding hydrogens is 340 g/mol. The number of benzene rings is 2. The Hall–Kier alpha value is -3.87. The zero-order valence-electron chi connectivity index (χ0n) is 14.7. The van der Waals surface area contributed by atoms with E-state index < -0.39 is 0 Å². The minimum absolute atomic E-state index is 0.225. The molecule has 134 valence electrons. The number of anilines is 3. The Morgan fingerprint density at radius 2 is 2.07 bits per heavy atom. The van der Waals surface area contributed by atoms with Gasteiger partial charge in [-0.15, -0.1) is 0 Å². The van der Waals surface area contributed by atoms with Crippen LogP contribution in [0.4, 0.5) is 17.5 Å². The van der Waals surface area contributed by atoms with Crippen LogP contribution in [-0.2, 0) is 0 Å². The van der Waals surface area contributed by atoms with Crippen LogP contribution in [0.2, 0.25) is 0 Å². The van der Waals surface area contributed by atoms with Gasteiger partial charge in [0.15, 0.2) is 0 Å². The van der Waals surface area contributed by atoms with Crippen molar-refractivity contribution in [3.63, 3.8) is 0 Å². The van der Waals surface area contributed by atoms with E-state index >= 15 is 0 Å². The standard InChI is InChI=1S/C20H18N6O/c1-27-17-4-2-3-13(9-17)5-6-14-10-16(11-15-12-23-26-19(14)15)24-18-7-8-22-20(21)25-18/h2-12H,1H3,(H,23,26)(H3,21,22,24,25). The molecule has 27 heavy (non-hydrogen) atoms. The van der Waals surface area contributed by atoms with E-state index in [0.29, 0.717) is 5.82 Å². The first-order valence-electron chi connectivity index (χ1n) is 8.36. The number of nitrogens with two attached hydrogens (primary N) is 1. The highest BCUT2D eigenvalue weighted by molar-refractivity contribution is 5.93. The largest absolute Gasteiger partial charge is 0.497 e. The van der Waals surface area contributed by atoms with E-state index in [-0.39, 0.29) is 5.95 Å². The molecule has 0 fully saturated rings. The number of H-pyrrole nitrogens is 1. The van der Waals surface area contributed by atoms with Crippen molar-refractivity contribution in [1.29, 1.82) is 0 Å². The fourth-order valence-electron chi connectivity index (χ4n) is 2.81. The fourth-order valence-corrected chi connectivity index (χ4v) is 2.81. The van der Waals surface area contributed by atoms with Crippen molar-refractivity contribution in [2.24, 2.45) is 0 Å². The van der Waals surface area contributed by atoms with Crippen molar-refractivity contribution in [3.8, 4) is 5.75 Å². The van der Waals surface area contributed by atoms with Crippen LogP contribution >= 0.6 is 0 Å². The summed E-state index contributed by atoms with van der Waals surface area (Å²) in [6.45, 7) is 0. The minimum atomic E-state index is 0.225. The number of nitrogens with one attached hydrogen (secondary N) is 2. The Kier molecular flexibility index (Phi) is 4.40. The molecular formula is C20H18N6O. The highest BCUT2D eigenvalue weighted by Crippen LogP contribution is 2.26. The molecule has 2 aromatic carbocycles. The molecule has 2 heterocycles. The molecule has 2 aromatic heterocycles. The van der Waals surface area contributed by atoms with E-state index in [1.165, 1.54) is 0 Å². The first-order valence-corrected chi connectivity index (χ1v) is 8.36. The van der Waals surface area contributed by atoms with Gasteiger partial charge in [-0.25, -0.2) is 4.98 Å². The average Bonchev–Trinajstić information content (AvgIpc) is 3.15. The van der Waals surface area contributed by atoms with Gasteiger partial charge >= 0.3 is 0 Å². The number of aromatic nitrogens is 4. The maximum absolute atomic E-state index is 5.65. The van der Waals surface area contributed by atoms with Crippen LogP contribution in [0.5, 0.6) is 5.75 Å². The van der Waals surface area contributed by atoms with Crippen LogP contribution in [0, 0.1) is 0 Å². The molecule has 4 rings (SSSR count). The van der Waals surface area contributed by atoms with Gasteiger partial charge in [0.25, 0.3) is 0 Å². The molecule has 0 unspecified atom stereocenters. The molecule has 7 nitrogen and oxygen atoms in total. The molecule has 0 spiro atoms.